The molecule has 0 amide bonds. The van der Waals surface area contributed by atoms with Gasteiger partial charge in [0.15, 0.2) is 0 Å². The number of aromatic nitrogens is 2. The fourth-order valence-corrected chi connectivity index (χ4v) is 2.68. The molecular weight excluding hydrogens is 240 g/mol. The number of hydrogen-bond donors (Lipinski definition) is 1. The quantitative estimate of drug-likeness (QED) is 0.884. The van der Waals surface area contributed by atoms with E-state index in [1.54, 1.807) is 0 Å². The highest BCUT2D eigenvalue weighted by molar-refractivity contribution is 5.81. The first-order chi connectivity index (χ1) is 9.28. The van der Waals surface area contributed by atoms with Crippen LogP contribution in [0.5, 0.6) is 0 Å². The number of fused-ring (bicyclic) bond motifs is 1. The maximum atomic E-state index is 5.68. The number of nitrogens with zero attached hydrogens (tertiary/aromatic N) is 3. The third kappa shape index (κ3) is 2.49. The molecule has 1 aliphatic rings. The van der Waals surface area contributed by atoms with Crippen LogP contribution in [-0.4, -0.2) is 47.0 Å². The average Bonchev–Trinajstić information content (AvgIpc) is 2.76. The molecule has 1 unspecified atom stereocenters. The second-order valence-electron chi connectivity index (χ2n) is 5.05. The molecule has 1 aromatic heterocycles. The summed E-state index contributed by atoms with van der Waals surface area (Å²) in [5.41, 5.74) is 8.00. The number of para-hydroxylation sites is 1. The average molecular weight is 260 g/mol. The van der Waals surface area contributed by atoms with Crippen molar-refractivity contribution in [1.29, 1.82) is 0 Å². The molecular formula is C14H20N4O. The van der Waals surface area contributed by atoms with Crippen LogP contribution in [0.15, 0.2) is 24.3 Å². The number of aryl methyl sites for hydroxylation is 1. The SMILES string of the molecule is Cn1nc(CN2CCOC(CN)C2)c2ccccc21. The van der Waals surface area contributed by atoms with Crippen molar-refractivity contribution < 1.29 is 4.74 Å². The van der Waals surface area contributed by atoms with Gasteiger partial charge < -0.3 is 10.5 Å². The van der Waals surface area contributed by atoms with Crippen LogP contribution in [0.2, 0.25) is 0 Å². The van der Waals surface area contributed by atoms with Crippen LogP contribution in [0.3, 0.4) is 0 Å². The van der Waals surface area contributed by atoms with Crippen molar-refractivity contribution in [2.75, 3.05) is 26.2 Å². The van der Waals surface area contributed by atoms with E-state index in [0.717, 1.165) is 31.9 Å². The van der Waals surface area contributed by atoms with Gasteiger partial charge in [0, 0.05) is 38.6 Å². The van der Waals surface area contributed by atoms with Crippen molar-refractivity contribution in [3.8, 4) is 0 Å². The lowest BCUT2D eigenvalue weighted by Crippen LogP contribution is -2.45. The number of hydrogen-bond acceptors (Lipinski definition) is 4. The zero-order valence-corrected chi connectivity index (χ0v) is 11.2. The second kappa shape index (κ2) is 5.28. The Morgan fingerprint density at radius 2 is 2.26 bits per heavy atom. The molecule has 5 heteroatoms. The minimum absolute atomic E-state index is 0.156. The first-order valence-electron chi connectivity index (χ1n) is 6.72. The van der Waals surface area contributed by atoms with E-state index in [0.29, 0.717) is 6.54 Å². The zero-order chi connectivity index (χ0) is 13.2. The summed E-state index contributed by atoms with van der Waals surface area (Å²) in [6.07, 6.45) is 0.156. The minimum atomic E-state index is 0.156. The molecule has 0 bridgehead atoms. The Balaban J connectivity index is 1.81. The molecule has 3 rings (SSSR count). The lowest BCUT2D eigenvalue weighted by molar-refractivity contribution is -0.0263. The number of morpholine rings is 1. The highest BCUT2D eigenvalue weighted by atomic mass is 16.5. The number of nitrogens with two attached hydrogens (primary N) is 1. The highest BCUT2D eigenvalue weighted by Gasteiger charge is 2.20. The van der Waals surface area contributed by atoms with Gasteiger partial charge in [-0.1, -0.05) is 18.2 Å². The molecule has 19 heavy (non-hydrogen) atoms. The zero-order valence-electron chi connectivity index (χ0n) is 11.2. The van der Waals surface area contributed by atoms with Gasteiger partial charge in [0.25, 0.3) is 0 Å². The van der Waals surface area contributed by atoms with Crippen LogP contribution in [0.1, 0.15) is 5.69 Å². The topological polar surface area (TPSA) is 56.3 Å². The molecule has 0 radical (unpaired) electrons. The van der Waals surface area contributed by atoms with Gasteiger partial charge in [0.2, 0.25) is 0 Å². The van der Waals surface area contributed by atoms with Gasteiger partial charge in [-0.15, -0.1) is 0 Å². The third-order valence-corrected chi connectivity index (χ3v) is 3.69. The molecule has 0 aliphatic carbocycles. The van der Waals surface area contributed by atoms with Crippen LogP contribution in [0.25, 0.3) is 10.9 Å². The van der Waals surface area contributed by atoms with Crippen molar-refractivity contribution in [3.63, 3.8) is 0 Å². The molecule has 0 saturated carbocycles. The number of benzene rings is 1. The van der Waals surface area contributed by atoms with E-state index in [9.17, 15) is 0 Å². The van der Waals surface area contributed by atoms with Gasteiger partial charge in [-0.25, -0.2) is 0 Å². The second-order valence-corrected chi connectivity index (χ2v) is 5.05. The van der Waals surface area contributed by atoms with Crippen LogP contribution in [0.4, 0.5) is 0 Å². The van der Waals surface area contributed by atoms with E-state index >= 15 is 0 Å². The molecule has 2 aromatic rings. The van der Waals surface area contributed by atoms with E-state index in [1.165, 1.54) is 10.9 Å². The summed E-state index contributed by atoms with van der Waals surface area (Å²) in [5, 5.41) is 5.87. The summed E-state index contributed by atoms with van der Waals surface area (Å²) in [5.74, 6) is 0. The molecule has 2 N–H and O–H groups in total. The van der Waals surface area contributed by atoms with Crippen molar-refractivity contribution in [2.45, 2.75) is 12.6 Å². The monoisotopic (exact) mass is 260 g/mol. The van der Waals surface area contributed by atoms with E-state index in [1.807, 2.05) is 17.8 Å². The summed E-state index contributed by atoms with van der Waals surface area (Å²) < 4.78 is 7.55. The predicted molar refractivity (Wildman–Crippen MR) is 74.8 cm³/mol. The summed E-state index contributed by atoms with van der Waals surface area (Å²) in [4.78, 5) is 2.37. The Bertz CT molecular complexity index is 566. The fourth-order valence-electron chi connectivity index (χ4n) is 2.68. The van der Waals surface area contributed by atoms with Gasteiger partial charge in [0.05, 0.1) is 23.9 Å². The van der Waals surface area contributed by atoms with Crippen molar-refractivity contribution in [1.82, 2.24) is 14.7 Å². The minimum Gasteiger partial charge on any atom is -0.374 e. The standard InChI is InChI=1S/C14H20N4O/c1-17-14-5-3-2-4-12(14)13(16-17)10-18-6-7-19-11(8-15)9-18/h2-5,11H,6-10,15H2,1H3. The Labute approximate surface area is 112 Å². The van der Waals surface area contributed by atoms with Crippen LogP contribution in [-0.2, 0) is 18.3 Å². The van der Waals surface area contributed by atoms with E-state index in [-0.39, 0.29) is 6.10 Å². The van der Waals surface area contributed by atoms with Crippen LogP contribution < -0.4 is 5.73 Å². The van der Waals surface area contributed by atoms with E-state index in [2.05, 4.69) is 28.2 Å². The molecule has 1 fully saturated rings. The molecule has 2 heterocycles. The Morgan fingerprint density at radius 3 is 3.11 bits per heavy atom. The van der Waals surface area contributed by atoms with Gasteiger partial charge in [-0.3, -0.25) is 9.58 Å². The molecule has 5 nitrogen and oxygen atoms in total. The Kier molecular flexibility index (Phi) is 3.50. The number of ether oxygens (including phenoxy) is 1. The van der Waals surface area contributed by atoms with Crippen molar-refractivity contribution in [3.05, 3.63) is 30.0 Å². The molecule has 1 saturated heterocycles. The molecule has 102 valence electrons. The smallest absolute Gasteiger partial charge is 0.0843 e. The van der Waals surface area contributed by atoms with Gasteiger partial charge in [-0.05, 0) is 6.07 Å². The van der Waals surface area contributed by atoms with Crippen LogP contribution >= 0.6 is 0 Å². The molecule has 1 aliphatic heterocycles. The Morgan fingerprint density at radius 1 is 1.42 bits per heavy atom. The maximum absolute atomic E-state index is 5.68. The maximum Gasteiger partial charge on any atom is 0.0843 e. The lowest BCUT2D eigenvalue weighted by atomic mass is 10.2. The summed E-state index contributed by atoms with van der Waals surface area (Å²) in [7, 11) is 1.99. The third-order valence-electron chi connectivity index (χ3n) is 3.69. The predicted octanol–water partition coefficient (Wildman–Crippen LogP) is 0.733. The highest BCUT2D eigenvalue weighted by Crippen LogP contribution is 2.19. The normalized spacial score (nSPS) is 21.1. The summed E-state index contributed by atoms with van der Waals surface area (Å²) >= 11 is 0. The van der Waals surface area contributed by atoms with E-state index in [4.69, 9.17) is 10.5 Å². The van der Waals surface area contributed by atoms with Crippen LogP contribution in [0, 0.1) is 0 Å². The summed E-state index contributed by atoms with van der Waals surface area (Å²) in [6.45, 7) is 4.04. The summed E-state index contributed by atoms with van der Waals surface area (Å²) in [6, 6.07) is 8.36. The van der Waals surface area contributed by atoms with Gasteiger partial charge >= 0.3 is 0 Å². The van der Waals surface area contributed by atoms with Crippen molar-refractivity contribution in [2.24, 2.45) is 12.8 Å². The molecule has 0 spiro atoms. The van der Waals surface area contributed by atoms with Gasteiger partial charge in [-0.2, -0.15) is 5.10 Å². The first kappa shape index (κ1) is 12.6. The van der Waals surface area contributed by atoms with Crippen molar-refractivity contribution >= 4 is 10.9 Å². The largest absolute Gasteiger partial charge is 0.374 e. The molecule has 1 atom stereocenters. The fraction of sp³-hybridized carbons (Fsp3) is 0.500. The molecule has 1 aromatic carbocycles. The van der Waals surface area contributed by atoms with E-state index < -0.39 is 0 Å². The van der Waals surface area contributed by atoms with Gasteiger partial charge in [0.1, 0.15) is 0 Å². The Hall–Kier alpha value is -1.43. The lowest BCUT2D eigenvalue weighted by Gasteiger charge is -2.31. The first-order valence-corrected chi connectivity index (χ1v) is 6.72. The number of rotatable bonds is 3.